The lowest BCUT2D eigenvalue weighted by Crippen LogP contribution is -2.28. The normalized spacial score (nSPS) is 24.3. The molecule has 5 rings (SSSR count). The van der Waals surface area contributed by atoms with Crippen molar-refractivity contribution < 1.29 is 24.0 Å². The molecule has 10 nitrogen and oxygen atoms in total. The molecule has 1 saturated carbocycles. The summed E-state index contributed by atoms with van der Waals surface area (Å²) in [5.41, 5.74) is 0.246. The number of allylic oxidation sites excluding steroid dienone is 2. The molecule has 1 aliphatic heterocycles. The highest BCUT2D eigenvalue weighted by Gasteiger charge is 2.59. The van der Waals surface area contributed by atoms with Crippen LogP contribution < -0.4 is 10.1 Å². The van der Waals surface area contributed by atoms with Gasteiger partial charge in [-0.15, -0.1) is 0 Å². The molecule has 0 unspecified atom stereocenters. The lowest BCUT2D eigenvalue weighted by atomic mass is 9.85. The first-order valence-electron chi connectivity index (χ1n) is 10.9. The third-order valence-electron chi connectivity index (χ3n) is 6.46. The Kier molecular flexibility index (Phi) is 5.81. The second-order valence-corrected chi connectivity index (χ2v) is 8.97. The van der Waals surface area contributed by atoms with Crippen molar-refractivity contribution in [1.29, 1.82) is 0 Å². The third-order valence-corrected chi connectivity index (χ3v) is 6.71. The molecule has 2 bridgehead atoms. The summed E-state index contributed by atoms with van der Waals surface area (Å²) in [6, 6.07) is 10.5. The summed E-state index contributed by atoms with van der Waals surface area (Å²) in [5.74, 6) is -2.23. The van der Waals surface area contributed by atoms with Crippen LogP contribution in [0.3, 0.4) is 0 Å². The van der Waals surface area contributed by atoms with Gasteiger partial charge >= 0.3 is 5.69 Å². The molecule has 3 aliphatic rings. The number of nitrogens with zero attached hydrogens (tertiary/aromatic N) is 3. The quantitative estimate of drug-likeness (QED) is 0.206. The van der Waals surface area contributed by atoms with Gasteiger partial charge in [-0.05, 0) is 48.6 Å². The minimum Gasteiger partial charge on any atom is -0.476 e. The summed E-state index contributed by atoms with van der Waals surface area (Å²) in [6.45, 7) is -0.519. The smallest absolute Gasteiger partial charge is 0.311 e. The van der Waals surface area contributed by atoms with Crippen LogP contribution in [0.25, 0.3) is 0 Å². The van der Waals surface area contributed by atoms with E-state index in [0.29, 0.717) is 10.7 Å². The van der Waals surface area contributed by atoms with E-state index in [-0.39, 0.29) is 40.7 Å². The van der Waals surface area contributed by atoms with Crippen LogP contribution in [0.4, 0.5) is 11.4 Å². The molecular formula is C24H19ClN4O6. The number of para-hydroxylation sites is 1. The van der Waals surface area contributed by atoms with Crippen LogP contribution in [0.1, 0.15) is 12.0 Å². The van der Waals surface area contributed by atoms with Gasteiger partial charge in [0.05, 0.1) is 23.0 Å². The highest BCUT2D eigenvalue weighted by atomic mass is 35.5. The number of nitro groups is 1. The number of hydrazone groups is 1. The molecule has 2 aromatic carbocycles. The van der Waals surface area contributed by atoms with E-state index in [1.165, 1.54) is 24.4 Å². The summed E-state index contributed by atoms with van der Waals surface area (Å²) < 4.78 is 5.51. The number of anilines is 1. The molecule has 0 spiro atoms. The molecular weight excluding hydrogens is 476 g/mol. The number of rotatable bonds is 7. The van der Waals surface area contributed by atoms with Gasteiger partial charge in [0.1, 0.15) is 0 Å². The first-order chi connectivity index (χ1) is 16.8. The fraction of sp³-hybridized carbons (Fsp3) is 0.250. The first kappa shape index (κ1) is 22.7. The van der Waals surface area contributed by atoms with Gasteiger partial charge in [-0.25, -0.2) is 0 Å². The lowest BCUT2D eigenvalue weighted by molar-refractivity contribution is -0.385. The number of benzene rings is 2. The van der Waals surface area contributed by atoms with Crippen LogP contribution in [-0.4, -0.2) is 40.5 Å². The van der Waals surface area contributed by atoms with Crippen molar-refractivity contribution in [3.05, 3.63) is 75.3 Å². The predicted molar refractivity (Wildman–Crippen MR) is 126 cm³/mol. The molecule has 4 atom stereocenters. The van der Waals surface area contributed by atoms with Gasteiger partial charge in [-0.3, -0.25) is 24.5 Å². The summed E-state index contributed by atoms with van der Waals surface area (Å²) >= 11 is 5.83. The zero-order valence-corrected chi connectivity index (χ0v) is 18.9. The number of carbonyl (C=O) groups excluding carboxylic acids is 3. The van der Waals surface area contributed by atoms with Crippen LogP contribution in [-0.2, 0) is 14.4 Å². The van der Waals surface area contributed by atoms with E-state index in [9.17, 15) is 24.5 Å². The molecule has 3 amide bonds. The Hall–Kier alpha value is -4.05. The van der Waals surface area contributed by atoms with Crippen molar-refractivity contribution in [2.24, 2.45) is 28.8 Å². The fourth-order valence-corrected chi connectivity index (χ4v) is 5.06. The Morgan fingerprint density at radius 3 is 2.43 bits per heavy atom. The van der Waals surface area contributed by atoms with E-state index in [4.69, 9.17) is 16.3 Å². The van der Waals surface area contributed by atoms with Crippen molar-refractivity contribution in [3.63, 3.8) is 0 Å². The average molecular weight is 495 g/mol. The van der Waals surface area contributed by atoms with Crippen molar-refractivity contribution >= 4 is 46.9 Å². The maximum atomic E-state index is 12.8. The van der Waals surface area contributed by atoms with Gasteiger partial charge in [0.15, 0.2) is 6.61 Å². The Balaban J connectivity index is 1.34. The van der Waals surface area contributed by atoms with E-state index in [0.717, 1.165) is 11.4 Å². The van der Waals surface area contributed by atoms with E-state index in [1.807, 2.05) is 12.2 Å². The number of nitro benzene ring substituents is 1. The average Bonchev–Trinajstić information content (AvgIpc) is 3.52. The van der Waals surface area contributed by atoms with Gasteiger partial charge in [0, 0.05) is 22.3 Å². The number of hydrogen-bond acceptors (Lipinski definition) is 7. The molecule has 1 heterocycles. The predicted octanol–water partition coefficient (Wildman–Crippen LogP) is 3.41. The number of fused-ring (bicyclic) bond motifs is 5. The van der Waals surface area contributed by atoms with Crippen LogP contribution in [0.5, 0.6) is 5.75 Å². The Labute approximate surface area is 204 Å². The second-order valence-electron chi connectivity index (χ2n) is 8.53. The molecule has 0 aromatic heterocycles. The van der Waals surface area contributed by atoms with Gasteiger partial charge in [-0.1, -0.05) is 29.8 Å². The Morgan fingerprint density at radius 1 is 1.14 bits per heavy atom. The van der Waals surface area contributed by atoms with Crippen LogP contribution in [0, 0.1) is 33.8 Å². The topological polar surface area (TPSA) is 131 Å². The molecule has 2 fully saturated rings. The van der Waals surface area contributed by atoms with E-state index < -0.39 is 29.3 Å². The Bertz CT molecular complexity index is 1260. The molecule has 1 N–H and O–H groups in total. The monoisotopic (exact) mass is 494 g/mol. The lowest BCUT2D eigenvalue weighted by Gasteiger charge is -2.13. The zero-order chi connectivity index (χ0) is 24.7. The highest BCUT2D eigenvalue weighted by molar-refractivity contribution is 6.30. The summed E-state index contributed by atoms with van der Waals surface area (Å²) in [6.07, 6.45) is 5.93. The van der Waals surface area contributed by atoms with Gasteiger partial charge in [0.2, 0.25) is 5.75 Å². The van der Waals surface area contributed by atoms with Crippen molar-refractivity contribution in [1.82, 2.24) is 5.01 Å². The number of carbonyl (C=O) groups is 3. The summed E-state index contributed by atoms with van der Waals surface area (Å²) in [4.78, 5) is 48.9. The zero-order valence-electron chi connectivity index (χ0n) is 18.2. The summed E-state index contributed by atoms with van der Waals surface area (Å²) in [5, 5.41) is 19.6. The number of halogens is 1. The number of hydrogen-bond donors (Lipinski definition) is 1. The number of nitrogens with one attached hydrogen (secondary N) is 1. The maximum Gasteiger partial charge on any atom is 0.311 e. The molecule has 1 saturated heterocycles. The number of imide groups is 1. The van der Waals surface area contributed by atoms with E-state index in [2.05, 4.69) is 10.4 Å². The van der Waals surface area contributed by atoms with E-state index in [1.54, 1.807) is 24.3 Å². The molecule has 178 valence electrons. The van der Waals surface area contributed by atoms with Crippen molar-refractivity contribution in [2.45, 2.75) is 6.42 Å². The Morgan fingerprint density at radius 2 is 1.80 bits per heavy atom. The number of amides is 3. The third kappa shape index (κ3) is 4.17. The largest absolute Gasteiger partial charge is 0.476 e. The maximum absolute atomic E-state index is 12.8. The highest BCUT2D eigenvalue weighted by Crippen LogP contribution is 2.52. The van der Waals surface area contributed by atoms with Crippen LogP contribution >= 0.6 is 11.6 Å². The second kappa shape index (κ2) is 8.95. The molecule has 2 aliphatic carbocycles. The molecule has 11 heteroatoms. The van der Waals surface area contributed by atoms with Gasteiger partial charge in [-0.2, -0.15) is 10.1 Å². The minimum atomic E-state index is -0.649. The van der Waals surface area contributed by atoms with Gasteiger partial charge in [0.25, 0.3) is 17.7 Å². The van der Waals surface area contributed by atoms with Gasteiger partial charge < -0.3 is 10.1 Å². The summed E-state index contributed by atoms with van der Waals surface area (Å²) in [7, 11) is 0. The van der Waals surface area contributed by atoms with E-state index >= 15 is 0 Å². The number of ether oxygens (including phenoxy) is 1. The molecule has 2 aromatic rings. The van der Waals surface area contributed by atoms with Crippen molar-refractivity contribution in [2.75, 3.05) is 11.9 Å². The molecule has 35 heavy (non-hydrogen) atoms. The first-order valence-corrected chi connectivity index (χ1v) is 11.3. The van der Waals surface area contributed by atoms with Crippen LogP contribution in [0.15, 0.2) is 59.7 Å². The fourth-order valence-electron chi connectivity index (χ4n) is 4.93. The SMILES string of the molecule is O=C(COc1c(C=NN2C(=O)[C@@H]3[C@H](C2=O)[C@H]2C=C[C@H]3C2)cccc1[N+](=O)[O-])Nc1ccc(Cl)cc1. The molecule has 0 radical (unpaired) electrons. The standard InChI is InChI=1S/C24H19ClN4O6/c25-16-6-8-17(9-7-16)27-19(30)12-35-22-15(2-1-3-18(22)29(33)34)11-26-28-23(31)20-13-4-5-14(10-13)21(20)24(28)32/h1-9,11,13-14,20-21H,10,12H2,(H,27,30)/t13-,14-,20-,21+/m0/s1. The minimum absolute atomic E-state index is 0.0394. The van der Waals surface area contributed by atoms with Crippen molar-refractivity contribution in [3.8, 4) is 5.75 Å². The van der Waals surface area contributed by atoms with Crippen LogP contribution in [0.2, 0.25) is 5.02 Å².